The van der Waals surface area contributed by atoms with Gasteiger partial charge in [-0.05, 0) is 40.7 Å². The predicted molar refractivity (Wildman–Crippen MR) is 88.6 cm³/mol. The minimum atomic E-state index is 0.206. The van der Waals surface area contributed by atoms with Crippen LogP contribution in [0.2, 0.25) is 0 Å². The third kappa shape index (κ3) is 3.73. The van der Waals surface area contributed by atoms with E-state index >= 15 is 0 Å². The SMILES string of the molecule is CC(=C=Cc1ccc(C(C)(C)C)cc1)c1ccccc1. The van der Waals surface area contributed by atoms with Gasteiger partial charge >= 0.3 is 0 Å². The number of allylic oxidation sites excluding steroid dienone is 1. The summed E-state index contributed by atoms with van der Waals surface area (Å²) in [5.41, 5.74) is 8.49. The van der Waals surface area contributed by atoms with Crippen LogP contribution < -0.4 is 0 Å². The van der Waals surface area contributed by atoms with Gasteiger partial charge in [0.15, 0.2) is 0 Å². The van der Waals surface area contributed by atoms with Crippen molar-refractivity contribution < 1.29 is 0 Å². The Morgan fingerprint density at radius 2 is 1.50 bits per heavy atom. The Hall–Kier alpha value is -2.04. The second-order valence-corrected chi connectivity index (χ2v) is 6.15. The van der Waals surface area contributed by atoms with Crippen LogP contribution in [-0.2, 0) is 5.41 Å². The largest absolute Gasteiger partial charge is 0.116 e. The topological polar surface area (TPSA) is 0 Å². The lowest BCUT2D eigenvalue weighted by molar-refractivity contribution is 0.590. The van der Waals surface area contributed by atoms with Gasteiger partial charge in [-0.1, -0.05) is 75.4 Å². The fraction of sp³-hybridized carbons (Fsp3) is 0.250. The maximum Gasteiger partial charge on any atom is -0.00188 e. The predicted octanol–water partition coefficient (Wildman–Crippen LogP) is 5.70. The molecule has 0 saturated carbocycles. The molecule has 0 nitrogen and oxygen atoms in total. The third-order valence-corrected chi connectivity index (χ3v) is 3.44. The fourth-order valence-electron chi connectivity index (χ4n) is 2.04. The third-order valence-electron chi connectivity index (χ3n) is 3.44. The smallest absolute Gasteiger partial charge is 0.00188 e. The number of hydrogen-bond acceptors (Lipinski definition) is 0. The minimum Gasteiger partial charge on any atom is -0.116 e. The van der Waals surface area contributed by atoms with Gasteiger partial charge in [-0.3, -0.25) is 0 Å². The van der Waals surface area contributed by atoms with Crippen molar-refractivity contribution in [2.45, 2.75) is 33.1 Å². The highest BCUT2D eigenvalue weighted by Crippen LogP contribution is 2.22. The molecule has 0 heteroatoms. The summed E-state index contributed by atoms with van der Waals surface area (Å²) in [5.74, 6) is 0. The molecule has 0 radical (unpaired) electrons. The number of benzene rings is 2. The van der Waals surface area contributed by atoms with Crippen LogP contribution >= 0.6 is 0 Å². The van der Waals surface area contributed by atoms with Crippen molar-refractivity contribution in [3.63, 3.8) is 0 Å². The second-order valence-electron chi connectivity index (χ2n) is 6.15. The maximum absolute atomic E-state index is 3.37. The first-order valence-electron chi connectivity index (χ1n) is 7.06. The Bertz CT molecular complexity index is 616. The van der Waals surface area contributed by atoms with Crippen LogP contribution in [0.1, 0.15) is 44.4 Å². The second kappa shape index (κ2) is 5.94. The molecule has 0 atom stereocenters. The van der Waals surface area contributed by atoms with E-state index in [9.17, 15) is 0 Å². The van der Waals surface area contributed by atoms with Gasteiger partial charge in [-0.15, -0.1) is 5.73 Å². The van der Waals surface area contributed by atoms with Gasteiger partial charge in [0.05, 0.1) is 0 Å². The van der Waals surface area contributed by atoms with Gasteiger partial charge in [0.2, 0.25) is 0 Å². The first kappa shape index (κ1) is 14.4. The van der Waals surface area contributed by atoms with Gasteiger partial charge in [-0.25, -0.2) is 0 Å². The first-order chi connectivity index (χ1) is 9.47. The molecule has 102 valence electrons. The van der Waals surface area contributed by atoms with Crippen molar-refractivity contribution in [1.29, 1.82) is 0 Å². The monoisotopic (exact) mass is 262 g/mol. The molecule has 0 bridgehead atoms. The lowest BCUT2D eigenvalue weighted by Gasteiger charge is -2.18. The van der Waals surface area contributed by atoms with Gasteiger partial charge in [0, 0.05) is 0 Å². The van der Waals surface area contributed by atoms with Gasteiger partial charge in [0.25, 0.3) is 0 Å². The molecule has 0 aliphatic carbocycles. The summed E-state index contributed by atoms with van der Waals surface area (Å²) in [4.78, 5) is 0. The van der Waals surface area contributed by atoms with E-state index < -0.39 is 0 Å². The Labute approximate surface area is 122 Å². The molecule has 0 fully saturated rings. The molecule has 2 rings (SSSR count). The molecular weight excluding hydrogens is 240 g/mol. The molecule has 0 amide bonds. The van der Waals surface area contributed by atoms with E-state index in [2.05, 4.69) is 88.0 Å². The number of rotatable bonds is 2. The highest BCUT2D eigenvalue weighted by Gasteiger charge is 2.12. The Morgan fingerprint density at radius 3 is 2.05 bits per heavy atom. The van der Waals surface area contributed by atoms with Crippen molar-refractivity contribution in [2.24, 2.45) is 0 Å². The zero-order valence-corrected chi connectivity index (χ0v) is 12.8. The summed E-state index contributed by atoms with van der Waals surface area (Å²) in [5, 5.41) is 0. The summed E-state index contributed by atoms with van der Waals surface area (Å²) < 4.78 is 0. The van der Waals surface area contributed by atoms with Crippen LogP contribution in [0.3, 0.4) is 0 Å². The van der Waals surface area contributed by atoms with Crippen LogP contribution in [0.15, 0.2) is 60.3 Å². The molecule has 0 aliphatic rings. The van der Waals surface area contributed by atoms with E-state index in [-0.39, 0.29) is 5.41 Å². The molecule has 0 aromatic heterocycles. The van der Waals surface area contributed by atoms with Gasteiger partial charge < -0.3 is 0 Å². The molecule has 20 heavy (non-hydrogen) atoms. The number of hydrogen-bond donors (Lipinski definition) is 0. The van der Waals surface area contributed by atoms with Crippen molar-refractivity contribution in [2.75, 3.05) is 0 Å². The Kier molecular flexibility index (Phi) is 4.27. The zero-order chi connectivity index (χ0) is 14.6. The quantitative estimate of drug-likeness (QED) is 0.609. The summed E-state index contributed by atoms with van der Waals surface area (Å²) in [6.45, 7) is 8.79. The Balaban J connectivity index is 2.24. The lowest BCUT2D eigenvalue weighted by atomic mass is 9.87. The molecule has 2 aromatic rings. The molecule has 0 unspecified atom stereocenters. The normalized spacial score (nSPS) is 10.8. The van der Waals surface area contributed by atoms with Crippen LogP contribution in [0.25, 0.3) is 11.6 Å². The van der Waals surface area contributed by atoms with Crippen LogP contribution in [0.4, 0.5) is 0 Å². The Morgan fingerprint density at radius 1 is 0.900 bits per heavy atom. The lowest BCUT2D eigenvalue weighted by Crippen LogP contribution is -2.10. The van der Waals surface area contributed by atoms with Crippen LogP contribution in [0.5, 0.6) is 0 Å². The van der Waals surface area contributed by atoms with Gasteiger partial charge in [0.1, 0.15) is 0 Å². The summed E-state index contributed by atoms with van der Waals surface area (Å²) in [7, 11) is 0. The van der Waals surface area contributed by atoms with Crippen LogP contribution in [-0.4, -0.2) is 0 Å². The summed E-state index contributed by atoms with van der Waals surface area (Å²) in [6.07, 6.45) is 2.05. The van der Waals surface area contributed by atoms with E-state index in [1.807, 2.05) is 6.07 Å². The van der Waals surface area contributed by atoms with Crippen LogP contribution in [0, 0.1) is 0 Å². The van der Waals surface area contributed by atoms with Crippen molar-refractivity contribution in [1.82, 2.24) is 0 Å². The maximum atomic E-state index is 3.37. The van der Waals surface area contributed by atoms with E-state index in [1.165, 1.54) is 16.7 Å². The molecule has 2 aromatic carbocycles. The standard InChI is InChI=1S/C20H22/c1-16(18-8-6-5-7-9-18)10-11-17-12-14-19(15-13-17)20(2,3)4/h5-9,11-15H,1-4H3. The van der Waals surface area contributed by atoms with E-state index in [0.717, 1.165) is 5.57 Å². The van der Waals surface area contributed by atoms with E-state index in [4.69, 9.17) is 0 Å². The fourth-order valence-corrected chi connectivity index (χ4v) is 2.04. The highest BCUT2D eigenvalue weighted by molar-refractivity contribution is 5.67. The molecular formula is C20H22. The minimum absolute atomic E-state index is 0.206. The average molecular weight is 262 g/mol. The van der Waals surface area contributed by atoms with E-state index in [1.54, 1.807) is 0 Å². The van der Waals surface area contributed by atoms with Crippen molar-refractivity contribution in [3.05, 3.63) is 77.0 Å². The molecule has 0 N–H and O–H groups in total. The van der Waals surface area contributed by atoms with Crippen molar-refractivity contribution in [3.8, 4) is 0 Å². The first-order valence-corrected chi connectivity index (χ1v) is 7.06. The van der Waals surface area contributed by atoms with Crippen molar-refractivity contribution >= 4 is 11.6 Å². The molecule has 0 heterocycles. The zero-order valence-electron chi connectivity index (χ0n) is 12.8. The molecule has 0 aliphatic heterocycles. The molecule has 0 spiro atoms. The highest BCUT2D eigenvalue weighted by atomic mass is 14.2. The average Bonchev–Trinajstić information content (AvgIpc) is 2.45. The summed E-state index contributed by atoms with van der Waals surface area (Å²) >= 11 is 0. The molecule has 0 saturated heterocycles. The van der Waals surface area contributed by atoms with Gasteiger partial charge in [-0.2, -0.15) is 0 Å². The van der Waals surface area contributed by atoms with E-state index in [0.29, 0.717) is 0 Å². The summed E-state index contributed by atoms with van der Waals surface area (Å²) in [6, 6.07) is 19.1.